The van der Waals surface area contributed by atoms with Crippen molar-refractivity contribution in [3.63, 3.8) is 0 Å². The predicted octanol–water partition coefficient (Wildman–Crippen LogP) is 2.91. The highest BCUT2D eigenvalue weighted by molar-refractivity contribution is 9.10. The van der Waals surface area contributed by atoms with Gasteiger partial charge in [-0.15, -0.1) is 5.10 Å². The molecule has 3 rings (SSSR count). The van der Waals surface area contributed by atoms with Crippen LogP contribution < -0.4 is 10.2 Å². The zero-order valence-corrected chi connectivity index (χ0v) is 13.5. The fraction of sp³-hybridized carbons (Fsp3) is 0.0714. The van der Waals surface area contributed by atoms with Crippen LogP contribution in [0.1, 0.15) is 0 Å². The molecule has 0 radical (unpaired) electrons. The van der Waals surface area contributed by atoms with Gasteiger partial charge < -0.3 is 10.2 Å². The molecular weight excluding hydrogens is 372 g/mol. The third-order valence-corrected chi connectivity index (χ3v) is 3.59. The van der Waals surface area contributed by atoms with Crippen molar-refractivity contribution in [2.45, 2.75) is 0 Å². The summed E-state index contributed by atoms with van der Waals surface area (Å²) in [5, 5.41) is 11.0. The van der Waals surface area contributed by atoms with E-state index in [4.69, 9.17) is 16.4 Å². The van der Waals surface area contributed by atoms with E-state index in [-0.39, 0.29) is 12.5 Å². The number of amides is 1. The molecule has 22 heavy (non-hydrogen) atoms. The highest BCUT2D eigenvalue weighted by Gasteiger charge is 2.09. The summed E-state index contributed by atoms with van der Waals surface area (Å²) in [7, 11) is 0. The van der Waals surface area contributed by atoms with Crippen molar-refractivity contribution in [2.75, 3.05) is 11.9 Å². The van der Waals surface area contributed by atoms with Crippen molar-refractivity contribution in [3.05, 3.63) is 52.0 Å². The number of anilines is 1. The summed E-state index contributed by atoms with van der Waals surface area (Å²) in [6.45, 7) is -0.193. The van der Waals surface area contributed by atoms with Gasteiger partial charge in [-0.1, -0.05) is 32.4 Å². The van der Waals surface area contributed by atoms with E-state index in [0.29, 0.717) is 21.7 Å². The zero-order valence-electron chi connectivity index (χ0n) is 11.2. The van der Waals surface area contributed by atoms with Crippen LogP contribution in [-0.2, 0) is 4.79 Å². The van der Waals surface area contributed by atoms with Crippen LogP contribution in [0.25, 0.3) is 11.0 Å². The van der Waals surface area contributed by atoms with Gasteiger partial charge in [0.2, 0.25) is 0 Å². The number of nitrogens with zero attached hydrogens (tertiary/aromatic N) is 3. The van der Waals surface area contributed by atoms with Gasteiger partial charge in [0.15, 0.2) is 6.61 Å². The summed E-state index contributed by atoms with van der Waals surface area (Å²) in [6, 6.07) is 12.4. The largest absolute Gasteiger partial charge is 0.385 e. The molecule has 0 atom stereocenters. The lowest BCUT2D eigenvalue weighted by Crippen LogP contribution is -2.26. The molecule has 3 aromatic rings. The van der Waals surface area contributed by atoms with E-state index in [0.717, 1.165) is 4.47 Å². The topological polar surface area (TPSA) is 69.0 Å². The second kappa shape index (κ2) is 6.33. The molecule has 1 amide bonds. The number of nitrogens with one attached hydrogen (secondary N) is 1. The Morgan fingerprint density at radius 1 is 1.27 bits per heavy atom. The number of aromatic nitrogens is 3. The molecule has 0 aliphatic rings. The van der Waals surface area contributed by atoms with Crippen molar-refractivity contribution in [2.24, 2.45) is 0 Å². The number of halogens is 2. The Hall–Kier alpha value is -2.12. The Kier molecular flexibility index (Phi) is 4.26. The Labute approximate surface area is 139 Å². The minimum Gasteiger partial charge on any atom is -0.385 e. The van der Waals surface area contributed by atoms with Crippen LogP contribution in [0.15, 0.2) is 46.9 Å². The van der Waals surface area contributed by atoms with E-state index < -0.39 is 0 Å². The molecule has 0 unspecified atom stereocenters. The fourth-order valence-corrected chi connectivity index (χ4v) is 2.25. The fourth-order valence-electron chi connectivity index (χ4n) is 1.82. The lowest BCUT2D eigenvalue weighted by molar-refractivity contribution is -0.121. The number of benzene rings is 2. The first-order valence-electron chi connectivity index (χ1n) is 6.31. The van der Waals surface area contributed by atoms with Crippen molar-refractivity contribution >= 4 is 50.2 Å². The molecule has 0 aliphatic carbocycles. The lowest BCUT2D eigenvalue weighted by Gasteiger charge is -2.07. The first-order chi connectivity index (χ1) is 10.6. The Morgan fingerprint density at radius 3 is 2.82 bits per heavy atom. The van der Waals surface area contributed by atoms with Gasteiger partial charge in [-0.25, -0.2) is 0 Å². The summed E-state index contributed by atoms with van der Waals surface area (Å²) in [5.74, 6) is -0.298. The van der Waals surface area contributed by atoms with Crippen LogP contribution in [0.4, 0.5) is 5.69 Å². The smallest absolute Gasteiger partial charge is 0.265 e. The second-order valence-electron chi connectivity index (χ2n) is 4.42. The second-order valence-corrected chi connectivity index (χ2v) is 5.78. The van der Waals surface area contributed by atoms with Crippen LogP contribution in [0, 0.1) is 0 Å². The van der Waals surface area contributed by atoms with E-state index in [2.05, 4.69) is 31.6 Å². The highest BCUT2D eigenvalue weighted by atomic mass is 79.9. The van der Waals surface area contributed by atoms with Gasteiger partial charge in [-0.2, -0.15) is 0 Å². The molecular formula is C14H10BrClN4O2. The van der Waals surface area contributed by atoms with E-state index in [1.807, 2.05) is 12.1 Å². The zero-order chi connectivity index (χ0) is 15.5. The lowest BCUT2D eigenvalue weighted by atomic mass is 10.3. The minimum absolute atomic E-state index is 0.193. The molecule has 0 saturated carbocycles. The van der Waals surface area contributed by atoms with Crippen molar-refractivity contribution in [1.29, 1.82) is 0 Å². The SMILES string of the molecule is O=C(COn1nnc2ccc(Cl)cc21)Nc1ccc(Br)cc1. The Bertz CT molecular complexity index is 819. The molecule has 6 nitrogen and oxygen atoms in total. The first-order valence-corrected chi connectivity index (χ1v) is 7.48. The molecule has 112 valence electrons. The average Bonchev–Trinajstić information content (AvgIpc) is 2.90. The van der Waals surface area contributed by atoms with Crippen molar-refractivity contribution < 1.29 is 9.63 Å². The first kappa shape index (κ1) is 14.8. The summed E-state index contributed by atoms with van der Waals surface area (Å²) in [4.78, 5) is 18.4. The van der Waals surface area contributed by atoms with Gasteiger partial charge in [-0.3, -0.25) is 4.79 Å². The van der Waals surface area contributed by atoms with Crippen LogP contribution in [-0.4, -0.2) is 27.7 Å². The molecule has 0 bridgehead atoms. The maximum atomic E-state index is 11.9. The molecule has 1 heterocycles. The van der Waals surface area contributed by atoms with Crippen LogP contribution in [0.5, 0.6) is 0 Å². The minimum atomic E-state index is -0.298. The van der Waals surface area contributed by atoms with Gasteiger partial charge in [-0.05, 0) is 47.7 Å². The van der Waals surface area contributed by atoms with Crippen LogP contribution in [0.2, 0.25) is 5.02 Å². The molecule has 0 fully saturated rings. The third kappa shape index (κ3) is 3.37. The number of carbonyl (C=O) groups is 1. The number of hydrogen-bond acceptors (Lipinski definition) is 4. The van der Waals surface area contributed by atoms with Crippen LogP contribution in [0.3, 0.4) is 0 Å². The van der Waals surface area contributed by atoms with Gasteiger partial charge in [0.05, 0.1) is 0 Å². The monoisotopic (exact) mass is 380 g/mol. The quantitative estimate of drug-likeness (QED) is 0.754. The average molecular weight is 382 g/mol. The molecule has 8 heteroatoms. The Morgan fingerprint density at radius 2 is 2.05 bits per heavy atom. The summed E-state index contributed by atoms with van der Waals surface area (Å²) >= 11 is 9.25. The van der Waals surface area contributed by atoms with Crippen molar-refractivity contribution in [3.8, 4) is 0 Å². The third-order valence-electron chi connectivity index (χ3n) is 2.82. The molecule has 2 aromatic carbocycles. The molecule has 0 aliphatic heterocycles. The molecule has 0 saturated heterocycles. The van der Waals surface area contributed by atoms with Gasteiger partial charge in [0.25, 0.3) is 5.91 Å². The van der Waals surface area contributed by atoms with E-state index >= 15 is 0 Å². The standard InChI is InChI=1S/C14H10BrClN4O2/c15-9-1-4-11(5-2-9)17-14(21)8-22-20-13-7-10(16)3-6-12(13)18-19-20/h1-7H,8H2,(H,17,21). The van der Waals surface area contributed by atoms with Crippen molar-refractivity contribution in [1.82, 2.24) is 15.2 Å². The van der Waals surface area contributed by atoms with Gasteiger partial charge >= 0.3 is 0 Å². The molecule has 1 aromatic heterocycles. The number of carbonyl (C=O) groups excluding carboxylic acids is 1. The maximum Gasteiger partial charge on any atom is 0.265 e. The molecule has 0 spiro atoms. The van der Waals surface area contributed by atoms with E-state index in [9.17, 15) is 4.79 Å². The van der Waals surface area contributed by atoms with E-state index in [1.54, 1.807) is 30.3 Å². The summed E-state index contributed by atoms with van der Waals surface area (Å²) < 4.78 is 0.938. The van der Waals surface area contributed by atoms with Crippen LogP contribution >= 0.6 is 27.5 Å². The number of rotatable bonds is 4. The van der Waals surface area contributed by atoms with E-state index in [1.165, 1.54) is 4.85 Å². The molecule has 1 N–H and O–H groups in total. The summed E-state index contributed by atoms with van der Waals surface area (Å²) in [6.07, 6.45) is 0. The van der Waals surface area contributed by atoms with Gasteiger partial charge in [0, 0.05) is 15.2 Å². The summed E-state index contributed by atoms with van der Waals surface area (Å²) in [5.41, 5.74) is 1.92. The van der Waals surface area contributed by atoms with Gasteiger partial charge in [0.1, 0.15) is 11.0 Å². The predicted molar refractivity (Wildman–Crippen MR) is 86.8 cm³/mol. The highest BCUT2D eigenvalue weighted by Crippen LogP contribution is 2.16. The number of hydrogen-bond donors (Lipinski definition) is 1. The Balaban J connectivity index is 1.64. The normalized spacial score (nSPS) is 10.6. The maximum absolute atomic E-state index is 11.9. The number of fused-ring (bicyclic) bond motifs is 1.